The molecule has 0 saturated heterocycles. The first kappa shape index (κ1) is 7.21. The largest absolute Gasteiger partial charge is 0.396 e. The molecule has 1 rings (SSSR count). The summed E-state index contributed by atoms with van der Waals surface area (Å²) in [5.41, 5.74) is 3.11. The highest BCUT2D eigenvalue weighted by molar-refractivity contribution is 6.06. The van der Waals surface area contributed by atoms with Crippen molar-refractivity contribution < 1.29 is 9.90 Å². The second-order valence-corrected chi connectivity index (χ2v) is 2.29. The van der Waals surface area contributed by atoms with Crippen LogP contribution in [-0.4, -0.2) is 23.3 Å². The molecule has 1 heterocycles. The first-order chi connectivity index (χ1) is 4.75. The van der Waals surface area contributed by atoms with E-state index in [0.29, 0.717) is 6.42 Å². The molecule has 0 aromatic rings. The van der Waals surface area contributed by atoms with Crippen molar-refractivity contribution in [3.8, 4) is 0 Å². The lowest BCUT2D eigenvalue weighted by molar-refractivity contribution is -0.122. The third-order valence-corrected chi connectivity index (χ3v) is 1.58. The fraction of sp³-hybridized carbons (Fsp3) is 0.667. The monoisotopic (exact) mass is 142 g/mol. The SMILES string of the molecule is CC1=NNC(=O)C1CCO. The van der Waals surface area contributed by atoms with Crippen LogP contribution < -0.4 is 5.43 Å². The van der Waals surface area contributed by atoms with E-state index in [9.17, 15) is 4.79 Å². The second-order valence-electron chi connectivity index (χ2n) is 2.29. The van der Waals surface area contributed by atoms with Crippen LogP contribution in [-0.2, 0) is 4.79 Å². The van der Waals surface area contributed by atoms with E-state index in [0.717, 1.165) is 5.71 Å². The van der Waals surface area contributed by atoms with Gasteiger partial charge in [0.25, 0.3) is 0 Å². The van der Waals surface area contributed by atoms with Gasteiger partial charge in [-0.05, 0) is 13.3 Å². The Bertz CT molecular complexity index is 177. The van der Waals surface area contributed by atoms with E-state index < -0.39 is 0 Å². The summed E-state index contributed by atoms with van der Waals surface area (Å²) in [6.45, 7) is 1.81. The fourth-order valence-corrected chi connectivity index (χ4v) is 0.958. The predicted molar refractivity (Wildman–Crippen MR) is 36.4 cm³/mol. The van der Waals surface area contributed by atoms with Crippen molar-refractivity contribution in [2.75, 3.05) is 6.61 Å². The van der Waals surface area contributed by atoms with Crippen LogP contribution in [0.5, 0.6) is 0 Å². The van der Waals surface area contributed by atoms with Crippen molar-refractivity contribution in [3.05, 3.63) is 0 Å². The molecule has 4 heteroatoms. The smallest absolute Gasteiger partial charge is 0.249 e. The molecule has 1 amide bonds. The maximum Gasteiger partial charge on any atom is 0.249 e. The summed E-state index contributed by atoms with van der Waals surface area (Å²) >= 11 is 0. The lowest BCUT2D eigenvalue weighted by Gasteiger charge is -2.02. The lowest BCUT2D eigenvalue weighted by Crippen LogP contribution is -2.22. The molecule has 0 aromatic carbocycles. The molecule has 1 aliphatic heterocycles. The minimum atomic E-state index is -0.204. The molecule has 56 valence electrons. The van der Waals surface area contributed by atoms with Crippen LogP contribution in [0.25, 0.3) is 0 Å². The van der Waals surface area contributed by atoms with E-state index in [2.05, 4.69) is 10.5 Å². The van der Waals surface area contributed by atoms with Crippen molar-refractivity contribution in [3.63, 3.8) is 0 Å². The van der Waals surface area contributed by atoms with E-state index in [1.165, 1.54) is 0 Å². The van der Waals surface area contributed by atoms with Gasteiger partial charge in [-0.15, -0.1) is 0 Å². The molecule has 1 atom stereocenters. The molecule has 0 radical (unpaired) electrons. The van der Waals surface area contributed by atoms with Gasteiger partial charge in [-0.25, -0.2) is 5.43 Å². The fourth-order valence-electron chi connectivity index (χ4n) is 0.958. The molecule has 1 aliphatic rings. The predicted octanol–water partition coefficient (Wildman–Crippen LogP) is -0.509. The van der Waals surface area contributed by atoms with E-state index >= 15 is 0 Å². The van der Waals surface area contributed by atoms with Crippen LogP contribution >= 0.6 is 0 Å². The number of amides is 1. The van der Waals surface area contributed by atoms with Crippen LogP contribution in [0.2, 0.25) is 0 Å². The molecule has 0 spiro atoms. The quantitative estimate of drug-likeness (QED) is 0.545. The zero-order valence-electron chi connectivity index (χ0n) is 5.79. The summed E-state index contributed by atoms with van der Waals surface area (Å²) in [6.07, 6.45) is 0.473. The highest BCUT2D eigenvalue weighted by Gasteiger charge is 2.25. The summed E-state index contributed by atoms with van der Waals surface area (Å²) in [5, 5.41) is 12.3. The van der Waals surface area contributed by atoms with Gasteiger partial charge in [0, 0.05) is 12.3 Å². The highest BCUT2D eigenvalue weighted by Crippen LogP contribution is 2.09. The average molecular weight is 142 g/mol. The summed E-state index contributed by atoms with van der Waals surface area (Å²) in [6, 6.07) is 0. The normalized spacial score (nSPS) is 24.4. The van der Waals surface area contributed by atoms with Crippen LogP contribution in [0.4, 0.5) is 0 Å². The van der Waals surface area contributed by atoms with Gasteiger partial charge < -0.3 is 5.11 Å². The molecular formula is C6H10N2O2. The van der Waals surface area contributed by atoms with Crippen LogP contribution in [0.1, 0.15) is 13.3 Å². The van der Waals surface area contributed by atoms with E-state index in [1.807, 2.05) is 0 Å². The van der Waals surface area contributed by atoms with Crippen molar-refractivity contribution in [1.29, 1.82) is 0 Å². The van der Waals surface area contributed by atoms with Crippen LogP contribution in [0.3, 0.4) is 0 Å². The first-order valence-corrected chi connectivity index (χ1v) is 3.20. The maximum absolute atomic E-state index is 10.8. The number of carbonyl (C=O) groups excluding carboxylic acids is 1. The molecule has 1 unspecified atom stereocenters. The van der Waals surface area contributed by atoms with Crippen molar-refractivity contribution in [2.24, 2.45) is 11.0 Å². The summed E-state index contributed by atoms with van der Waals surface area (Å²) in [4.78, 5) is 10.8. The Hall–Kier alpha value is -0.900. The van der Waals surface area contributed by atoms with E-state index in [-0.39, 0.29) is 18.4 Å². The molecule has 2 N–H and O–H groups in total. The minimum absolute atomic E-state index is 0.0327. The van der Waals surface area contributed by atoms with Crippen molar-refractivity contribution in [1.82, 2.24) is 5.43 Å². The third-order valence-electron chi connectivity index (χ3n) is 1.58. The van der Waals surface area contributed by atoms with E-state index in [1.54, 1.807) is 6.92 Å². The molecule has 0 saturated carbocycles. The average Bonchev–Trinajstić information content (AvgIpc) is 2.20. The summed E-state index contributed by atoms with van der Waals surface area (Å²) < 4.78 is 0. The number of hydrogen-bond donors (Lipinski definition) is 2. The Labute approximate surface area is 58.9 Å². The van der Waals surface area contributed by atoms with Crippen LogP contribution in [0, 0.1) is 5.92 Å². The Balaban J connectivity index is 2.56. The maximum atomic E-state index is 10.8. The Morgan fingerprint density at radius 2 is 2.50 bits per heavy atom. The van der Waals surface area contributed by atoms with E-state index in [4.69, 9.17) is 5.11 Å². The topological polar surface area (TPSA) is 61.7 Å². The number of hydrogen-bond acceptors (Lipinski definition) is 3. The zero-order valence-corrected chi connectivity index (χ0v) is 5.79. The Kier molecular flexibility index (Phi) is 2.01. The molecule has 0 bridgehead atoms. The van der Waals surface area contributed by atoms with Gasteiger partial charge in [0.2, 0.25) is 5.91 Å². The first-order valence-electron chi connectivity index (χ1n) is 3.20. The van der Waals surface area contributed by atoms with Crippen LogP contribution in [0.15, 0.2) is 5.10 Å². The Morgan fingerprint density at radius 3 is 2.90 bits per heavy atom. The van der Waals surface area contributed by atoms with Crippen molar-refractivity contribution >= 4 is 11.6 Å². The van der Waals surface area contributed by atoms with Crippen molar-refractivity contribution in [2.45, 2.75) is 13.3 Å². The third kappa shape index (κ3) is 1.16. The van der Waals surface area contributed by atoms with Gasteiger partial charge >= 0.3 is 0 Å². The van der Waals surface area contributed by atoms with Gasteiger partial charge in [-0.2, -0.15) is 5.10 Å². The van der Waals surface area contributed by atoms with Gasteiger partial charge in [0.1, 0.15) is 0 Å². The van der Waals surface area contributed by atoms with Gasteiger partial charge in [-0.3, -0.25) is 4.79 Å². The number of rotatable bonds is 2. The highest BCUT2D eigenvalue weighted by atomic mass is 16.3. The molecule has 0 fully saturated rings. The summed E-state index contributed by atoms with van der Waals surface area (Å²) in [7, 11) is 0. The zero-order chi connectivity index (χ0) is 7.56. The second kappa shape index (κ2) is 2.79. The number of hydrazone groups is 1. The number of nitrogens with zero attached hydrogens (tertiary/aromatic N) is 1. The standard InChI is InChI=1S/C6H10N2O2/c1-4-5(2-3-9)6(10)8-7-4/h5,9H,2-3H2,1H3,(H,8,10). The Morgan fingerprint density at radius 1 is 1.80 bits per heavy atom. The lowest BCUT2D eigenvalue weighted by atomic mass is 10.0. The molecule has 10 heavy (non-hydrogen) atoms. The molecular weight excluding hydrogens is 132 g/mol. The minimum Gasteiger partial charge on any atom is -0.396 e. The number of aliphatic hydroxyl groups excluding tert-OH is 1. The number of carbonyl (C=O) groups is 1. The molecule has 4 nitrogen and oxygen atoms in total. The van der Waals surface area contributed by atoms with Gasteiger partial charge in [0.05, 0.1) is 5.92 Å². The summed E-state index contributed by atoms with van der Waals surface area (Å²) in [5.74, 6) is -0.309. The van der Waals surface area contributed by atoms with Gasteiger partial charge in [0.15, 0.2) is 0 Å². The molecule has 0 aromatic heterocycles. The molecule has 0 aliphatic carbocycles. The number of aliphatic hydroxyl groups is 1. The number of nitrogens with one attached hydrogen (secondary N) is 1. The van der Waals surface area contributed by atoms with Gasteiger partial charge in [-0.1, -0.05) is 0 Å².